The highest BCUT2D eigenvalue weighted by Crippen LogP contribution is 2.36. The number of hydrogen-bond acceptors (Lipinski definition) is 3. The van der Waals surface area contributed by atoms with E-state index in [9.17, 15) is 4.79 Å². The number of benzene rings is 1. The number of thioether (sulfide) groups is 2. The molecule has 1 aromatic rings. The quantitative estimate of drug-likeness (QED) is 0.351. The number of allylic oxidation sites excluding steroid dienone is 1. The maximum Gasteiger partial charge on any atom is 0.327 e. The Labute approximate surface area is 148 Å². The Morgan fingerprint density at radius 1 is 1.17 bits per heavy atom. The fourth-order valence-electron chi connectivity index (χ4n) is 2.98. The van der Waals surface area contributed by atoms with Crippen molar-refractivity contribution in [2.24, 2.45) is 11.8 Å². The van der Waals surface area contributed by atoms with E-state index in [1.54, 1.807) is 6.08 Å². The third-order valence-corrected chi connectivity index (χ3v) is 6.66. The maximum atomic E-state index is 10.4. The second-order valence-corrected chi connectivity index (χ2v) is 8.28. The van der Waals surface area contributed by atoms with Crippen molar-refractivity contribution in [1.82, 2.24) is 0 Å². The molecule has 1 aromatic carbocycles. The molecule has 0 saturated carbocycles. The second-order valence-electron chi connectivity index (χ2n) is 6.03. The number of carbonyl (C=O) groups is 1. The van der Waals surface area contributed by atoms with E-state index in [4.69, 9.17) is 5.11 Å². The van der Waals surface area contributed by atoms with Crippen LogP contribution in [0.15, 0.2) is 47.4 Å². The Hall–Kier alpha value is -0.870. The molecule has 1 saturated heterocycles. The number of aliphatic carboxylic acids is 1. The highest BCUT2D eigenvalue weighted by molar-refractivity contribution is 7.99. The number of carboxylic acids is 1. The zero-order valence-electron chi connectivity index (χ0n) is 13.5. The zero-order chi connectivity index (χ0) is 16.3. The molecule has 0 unspecified atom stereocenters. The predicted molar refractivity (Wildman–Crippen MR) is 101 cm³/mol. The van der Waals surface area contributed by atoms with E-state index in [1.165, 1.54) is 47.5 Å². The van der Waals surface area contributed by atoms with Gasteiger partial charge in [0.15, 0.2) is 0 Å². The average Bonchev–Trinajstić information content (AvgIpc) is 2.99. The van der Waals surface area contributed by atoms with E-state index in [1.807, 2.05) is 11.8 Å². The van der Waals surface area contributed by atoms with Crippen LogP contribution in [0, 0.1) is 11.8 Å². The Balaban J connectivity index is 1.60. The van der Waals surface area contributed by atoms with Crippen LogP contribution in [-0.2, 0) is 4.79 Å². The number of rotatable bonds is 10. The van der Waals surface area contributed by atoms with Crippen molar-refractivity contribution < 1.29 is 9.90 Å². The van der Waals surface area contributed by atoms with Gasteiger partial charge in [-0.1, -0.05) is 30.7 Å². The lowest BCUT2D eigenvalue weighted by molar-refractivity contribution is -0.131. The van der Waals surface area contributed by atoms with Gasteiger partial charge in [0.25, 0.3) is 0 Å². The van der Waals surface area contributed by atoms with Crippen molar-refractivity contribution in [3.63, 3.8) is 0 Å². The predicted octanol–water partition coefficient (Wildman–Crippen LogP) is 5.35. The highest BCUT2D eigenvalue weighted by atomic mass is 32.2. The summed E-state index contributed by atoms with van der Waals surface area (Å²) < 4.78 is 0. The topological polar surface area (TPSA) is 37.3 Å². The minimum Gasteiger partial charge on any atom is -0.478 e. The summed E-state index contributed by atoms with van der Waals surface area (Å²) in [5, 5.41) is 8.55. The number of hydrogen-bond donors (Lipinski definition) is 1. The van der Waals surface area contributed by atoms with Crippen LogP contribution < -0.4 is 0 Å². The maximum absolute atomic E-state index is 10.4. The molecule has 0 spiro atoms. The lowest BCUT2D eigenvalue weighted by Gasteiger charge is -2.18. The van der Waals surface area contributed by atoms with Crippen molar-refractivity contribution in [2.75, 3.05) is 17.3 Å². The average molecular weight is 351 g/mol. The molecule has 1 fully saturated rings. The van der Waals surface area contributed by atoms with Gasteiger partial charge in [0, 0.05) is 11.0 Å². The lowest BCUT2D eigenvalue weighted by atomic mass is 9.89. The van der Waals surface area contributed by atoms with Gasteiger partial charge in [0.1, 0.15) is 0 Å². The van der Waals surface area contributed by atoms with Gasteiger partial charge in [-0.05, 0) is 66.9 Å². The van der Waals surface area contributed by atoms with Crippen LogP contribution >= 0.6 is 23.5 Å². The minimum atomic E-state index is -0.840. The first-order valence-corrected chi connectivity index (χ1v) is 10.5. The molecule has 2 atom stereocenters. The first-order valence-electron chi connectivity index (χ1n) is 8.41. The zero-order valence-corrected chi connectivity index (χ0v) is 15.2. The Morgan fingerprint density at radius 3 is 2.65 bits per heavy atom. The van der Waals surface area contributed by atoms with E-state index in [2.05, 4.69) is 42.1 Å². The standard InChI is InChI=1S/C19H26O2S2/c20-19(21)11-7-2-1-4-8-16-14-22-15-17(16)12-13-23-18-9-5-3-6-10-18/h3,5-7,9-11,16-17H,1-2,4,8,12-15H2,(H,20,21)/t16-,17+/m0/s1. The Bertz CT molecular complexity index is 487. The molecule has 2 nitrogen and oxygen atoms in total. The monoisotopic (exact) mass is 350 g/mol. The highest BCUT2D eigenvalue weighted by Gasteiger charge is 2.26. The smallest absolute Gasteiger partial charge is 0.327 e. The van der Waals surface area contributed by atoms with Crippen LogP contribution in [-0.4, -0.2) is 28.3 Å². The van der Waals surface area contributed by atoms with Gasteiger partial charge in [-0.25, -0.2) is 4.79 Å². The molecule has 1 aliphatic heterocycles. The summed E-state index contributed by atoms with van der Waals surface area (Å²) in [6, 6.07) is 10.7. The SMILES string of the molecule is O=C(O)C=CCCCC[C@H]1CSC[C@H]1CCSc1ccccc1. The van der Waals surface area contributed by atoms with Crippen molar-refractivity contribution >= 4 is 29.5 Å². The molecule has 1 N–H and O–H groups in total. The summed E-state index contributed by atoms with van der Waals surface area (Å²) in [5.74, 6) is 4.73. The molecule has 0 bridgehead atoms. The van der Waals surface area contributed by atoms with Crippen LogP contribution in [0.3, 0.4) is 0 Å². The molecule has 0 radical (unpaired) electrons. The molecule has 4 heteroatoms. The number of carboxylic acid groups (broad SMARTS) is 1. The lowest BCUT2D eigenvalue weighted by Crippen LogP contribution is -2.13. The Morgan fingerprint density at radius 2 is 1.91 bits per heavy atom. The first-order chi connectivity index (χ1) is 11.3. The normalized spacial score (nSPS) is 21.0. The van der Waals surface area contributed by atoms with Gasteiger partial charge in [0.05, 0.1) is 0 Å². The molecule has 23 heavy (non-hydrogen) atoms. The molecule has 126 valence electrons. The first kappa shape index (κ1) is 18.5. The molecular weight excluding hydrogens is 324 g/mol. The molecule has 1 heterocycles. The molecule has 0 aliphatic carbocycles. The van der Waals surface area contributed by atoms with Crippen molar-refractivity contribution in [2.45, 2.75) is 37.0 Å². The third kappa shape index (κ3) is 7.49. The van der Waals surface area contributed by atoms with Crippen molar-refractivity contribution in [1.29, 1.82) is 0 Å². The van der Waals surface area contributed by atoms with Gasteiger partial charge in [0.2, 0.25) is 0 Å². The largest absolute Gasteiger partial charge is 0.478 e. The van der Waals surface area contributed by atoms with Gasteiger partial charge < -0.3 is 5.11 Å². The van der Waals surface area contributed by atoms with Crippen molar-refractivity contribution in [3.8, 4) is 0 Å². The Kier molecular flexibility index (Phi) is 8.69. The molecular formula is C19H26O2S2. The van der Waals surface area contributed by atoms with Gasteiger partial charge in [-0.3, -0.25) is 0 Å². The van der Waals surface area contributed by atoms with Crippen LogP contribution in [0.2, 0.25) is 0 Å². The number of unbranched alkanes of at least 4 members (excludes halogenated alkanes) is 2. The summed E-state index contributed by atoms with van der Waals surface area (Å²) >= 11 is 4.08. The van der Waals surface area contributed by atoms with E-state index in [-0.39, 0.29) is 0 Å². The van der Waals surface area contributed by atoms with E-state index in [0.717, 1.165) is 24.7 Å². The molecule has 0 amide bonds. The van der Waals surface area contributed by atoms with E-state index >= 15 is 0 Å². The summed E-state index contributed by atoms with van der Waals surface area (Å²) in [6.45, 7) is 0. The van der Waals surface area contributed by atoms with Crippen LogP contribution in [0.25, 0.3) is 0 Å². The van der Waals surface area contributed by atoms with E-state index < -0.39 is 5.97 Å². The third-order valence-electron chi connectivity index (χ3n) is 4.29. The van der Waals surface area contributed by atoms with Gasteiger partial charge >= 0.3 is 5.97 Å². The van der Waals surface area contributed by atoms with E-state index in [0.29, 0.717) is 0 Å². The van der Waals surface area contributed by atoms with Gasteiger partial charge in [-0.2, -0.15) is 11.8 Å². The molecule has 2 rings (SSSR count). The minimum absolute atomic E-state index is 0.840. The fourth-order valence-corrected chi connectivity index (χ4v) is 5.60. The molecule has 0 aromatic heterocycles. The van der Waals surface area contributed by atoms with Crippen LogP contribution in [0.4, 0.5) is 0 Å². The molecule has 1 aliphatic rings. The summed E-state index contributed by atoms with van der Waals surface area (Å²) in [7, 11) is 0. The summed E-state index contributed by atoms with van der Waals surface area (Å²) in [6.07, 6.45) is 8.87. The summed E-state index contributed by atoms with van der Waals surface area (Å²) in [4.78, 5) is 11.8. The second kappa shape index (κ2) is 10.8. The summed E-state index contributed by atoms with van der Waals surface area (Å²) in [5.41, 5.74) is 0. The van der Waals surface area contributed by atoms with Gasteiger partial charge in [-0.15, -0.1) is 11.8 Å². The van der Waals surface area contributed by atoms with Crippen LogP contribution in [0.5, 0.6) is 0 Å². The fraction of sp³-hybridized carbons (Fsp3) is 0.526. The van der Waals surface area contributed by atoms with Crippen molar-refractivity contribution in [3.05, 3.63) is 42.5 Å². The van der Waals surface area contributed by atoms with Crippen LogP contribution in [0.1, 0.15) is 32.1 Å².